The summed E-state index contributed by atoms with van der Waals surface area (Å²) in [5.41, 5.74) is 0.703. The Hall–Kier alpha value is -1.99. The van der Waals surface area contributed by atoms with Gasteiger partial charge in [-0.2, -0.15) is 0 Å². The van der Waals surface area contributed by atoms with Crippen LogP contribution in [0.3, 0.4) is 0 Å². The summed E-state index contributed by atoms with van der Waals surface area (Å²) >= 11 is 5.29. The minimum atomic E-state index is -0.0600. The van der Waals surface area contributed by atoms with E-state index in [1.165, 1.54) is 0 Å². The van der Waals surface area contributed by atoms with Crippen molar-refractivity contribution in [3.05, 3.63) is 39.4 Å². The van der Waals surface area contributed by atoms with E-state index >= 15 is 0 Å². The molecule has 136 valence electrons. The molecule has 0 unspecified atom stereocenters. The third-order valence-corrected chi connectivity index (χ3v) is 4.34. The number of unbranched alkanes of at least 4 members (excludes halogenated alkanes) is 2. The lowest BCUT2D eigenvalue weighted by Gasteiger charge is -2.08. The second-order valence-corrected chi connectivity index (χ2v) is 6.33. The molecule has 0 spiro atoms. The predicted octanol–water partition coefficient (Wildman–Crippen LogP) is 2.77. The Morgan fingerprint density at radius 2 is 2.04 bits per heavy atom. The zero-order valence-electron chi connectivity index (χ0n) is 14.5. The van der Waals surface area contributed by atoms with Crippen LogP contribution in [-0.2, 0) is 16.1 Å². The van der Waals surface area contributed by atoms with Gasteiger partial charge in [0, 0.05) is 33.2 Å². The van der Waals surface area contributed by atoms with Crippen molar-refractivity contribution >= 4 is 29.0 Å². The monoisotopic (exact) mass is 363 g/mol. The average Bonchev–Trinajstić information content (AvgIpc) is 2.61. The van der Waals surface area contributed by atoms with Crippen molar-refractivity contribution in [2.24, 2.45) is 0 Å². The first-order valence-corrected chi connectivity index (χ1v) is 9.02. The number of H-pyrrole nitrogens is 1. The molecule has 2 N–H and O–H groups in total. The molecule has 2 rings (SSSR count). The van der Waals surface area contributed by atoms with E-state index in [1.807, 2.05) is 18.2 Å². The molecule has 0 saturated carbocycles. The van der Waals surface area contributed by atoms with E-state index in [1.54, 1.807) is 17.7 Å². The summed E-state index contributed by atoms with van der Waals surface area (Å²) in [4.78, 5) is 27.3. The van der Waals surface area contributed by atoms with Crippen LogP contribution in [-0.4, -0.2) is 35.7 Å². The fourth-order valence-electron chi connectivity index (χ4n) is 2.67. The van der Waals surface area contributed by atoms with Crippen LogP contribution in [0.4, 0.5) is 0 Å². The Morgan fingerprint density at radius 3 is 2.84 bits per heavy atom. The Bertz CT molecular complexity index is 813. The number of methoxy groups -OCH3 is 1. The van der Waals surface area contributed by atoms with Gasteiger partial charge in [0.25, 0.3) is 5.56 Å². The molecule has 7 heteroatoms. The fraction of sp³-hybridized carbons (Fsp3) is 0.500. The van der Waals surface area contributed by atoms with Gasteiger partial charge in [-0.1, -0.05) is 18.6 Å². The van der Waals surface area contributed by atoms with Crippen LogP contribution in [0.2, 0.25) is 0 Å². The molecule has 0 saturated heterocycles. The molecule has 1 heterocycles. The summed E-state index contributed by atoms with van der Waals surface area (Å²) < 4.78 is 6.98. The van der Waals surface area contributed by atoms with Crippen molar-refractivity contribution in [1.82, 2.24) is 14.9 Å². The molecular weight excluding hydrogens is 338 g/mol. The quantitative estimate of drug-likeness (QED) is 0.503. The number of hydrogen-bond donors (Lipinski definition) is 2. The molecule has 6 nitrogen and oxygen atoms in total. The fourth-order valence-corrected chi connectivity index (χ4v) is 2.95. The van der Waals surface area contributed by atoms with Crippen LogP contribution in [0.15, 0.2) is 29.1 Å². The number of carbonyl (C=O) groups excluding carboxylic acids is 1. The van der Waals surface area contributed by atoms with Crippen molar-refractivity contribution in [2.45, 2.75) is 38.6 Å². The zero-order chi connectivity index (χ0) is 18.1. The van der Waals surface area contributed by atoms with Crippen molar-refractivity contribution in [3.8, 4) is 0 Å². The van der Waals surface area contributed by atoms with Gasteiger partial charge in [0.05, 0.1) is 10.9 Å². The number of carbonyl (C=O) groups is 1. The Kier molecular flexibility index (Phi) is 7.81. The van der Waals surface area contributed by atoms with E-state index in [4.69, 9.17) is 17.0 Å². The zero-order valence-corrected chi connectivity index (χ0v) is 15.4. The molecule has 1 amide bonds. The molecule has 0 fully saturated rings. The van der Waals surface area contributed by atoms with E-state index in [0.29, 0.717) is 36.3 Å². The number of aromatic amines is 1. The number of aromatic nitrogens is 2. The van der Waals surface area contributed by atoms with Gasteiger partial charge in [-0.05, 0) is 43.6 Å². The number of hydrogen-bond acceptors (Lipinski definition) is 4. The van der Waals surface area contributed by atoms with Crippen molar-refractivity contribution in [3.63, 3.8) is 0 Å². The molecule has 0 atom stereocenters. The normalized spacial score (nSPS) is 10.9. The van der Waals surface area contributed by atoms with Crippen LogP contribution in [0.5, 0.6) is 0 Å². The topological polar surface area (TPSA) is 76.1 Å². The lowest BCUT2D eigenvalue weighted by molar-refractivity contribution is -0.121. The third-order valence-electron chi connectivity index (χ3n) is 4.02. The van der Waals surface area contributed by atoms with Crippen LogP contribution in [0.1, 0.15) is 32.1 Å². The second kappa shape index (κ2) is 10.1. The number of nitrogens with zero attached hydrogens (tertiary/aromatic N) is 1. The number of amides is 1. The van der Waals surface area contributed by atoms with Gasteiger partial charge >= 0.3 is 0 Å². The highest BCUT2D eigenvalue weighted by molar-refractivity contribution is 7.71. The van der Waals surface area contributed by atoms with E-state index in [9.17, 15) is 9.59 Å². The number of fused-ring (bicyclic) bond motifs is 1. The number of nitrogens with one attached hydrogen (secondary N) is 2. The summed E-state index contributed by atoms with van der Waals surface area (Å²) in [5.74, 6) is 0.0660. The molecule has 0 aliphatic carbocycles. The molecule has 0 aliphatic heterocycles. The summed E-state index contributed by atoms with van der Waals surface area (Å²) in [6.07, 6.45) is 3.82. The van der Waals surface area contributed by atoms with Crippen LogP contribution < -0.4 is 10.9 Å². The van der Waals surface area contributed by atoms with Gasteiger partial charge in [0.2, 0.25) is 5.91 Å². The molecule has 25 heavy (non-hydrogen) atoms. The minimum absolute atomic E-state index is 0.0600. The highest BCUT2D eigenvalue weighted by atomic mass is 32.1. The molecule has 1 aromatic heterocycles. The van der Waals surface area contributed by atoms with Gasteiger partial charge in [-0.3, -0.25) is 14.2 Å². The van der Waals surface area contributed by atoms with E-state index in [2.05, 4.69) is 10.3 Å². The van der Waals surface area contributed by atoms with Gasteiger partial charge < -0.3 is 15.0 Å². The van der Waals surface area contributed by atoms with Crippen LogP contribution in [0.25, 0.3) is 10.9 Å². The smallest absolute Gasteiger partial charge is 0.262 e. The summed E-state index contributed by atoms with van der Waals surface area (Å²) in [7, 11) is 1.65. The minimum Gasteiger partial charge on any atom is -0.385 e. The maximum atomic E-state index is 12.5. The first-order valence-electron chi connectivity index (χ1n) is 8.61. The largest absolute Gasteiger partial charge is 0.385 e. The average molecular weight is 363 g/mol. The Balaban J connectivity index is 1.77. The number of benzene rings is 1. The van der Waals surface area contributed by atoms with Crippen molar-refractivity contribution < 1.29 is 9.53 Å². The van der Waals surface area contributed by atoms with Gasteiger partial charge in [-0.25, -0.2) is 0 Å². The first kappa shape index (κ1) is 19.3. The SMILES string of the molecule is COCCCNC(=O)CCCCCn1c(=S)[nH]c2ccccc2c1=O. The number of ether oxygens (including phenoxy) is 1. The van der Waals surface area contributed by atoms with Gasteiger partial charge in [-0.15, -0.1) is 0 Å². The molecular formula is C18H25N3O3S. The Morgan fingerprint density at radius 1 is 1.24 bits per heavy atom. The maximum absolute atomic E-state index is 12.5. The van der Waals surface area contributed by atoms with Gasteiger partial charge in [0.15, 0.2) is 4.77 Å². The lowest BCUT2D eigenvalue weighted by Crippen LogP contribution is -2.25. The molecule has 1 aromatic carbocycles. The summed E-state index contributed by atoms with van der Waals surface area (Å²) in [5, 5.41) is 3.51. The lowest BCUT2D eigenvalue weighted by atomic mass is 10.2. The van der Waals surface area contributed by atoms with Crippen LogP contribution >= 0.6 is 12.2 Å². The third kappa shape index (κ3) is 5.79. The summed E-state index contributed by atoms with van der Waals surface area (Å²) in [6.45, 7) is 1.87. The van der Waals surface area contributed by atoms with E-state index < -0.39 is 0 Å². The molecule has 0 radical (unpaired) electrons. The van der Waals surface area contributed by atoms with Crippen molar-refractivity contribution in [2.75, 3.05) is 20.3 Å². The summed E-state index contributed by atoms with van der Waals surface area (Å²) in [6, 6.07) is 7.36. The van der Waals surface area contributed by atoms with Gasteiger partial charge in [0.1, 0.15) is 0 Å². The Labute approximate surface area is 152 Å². The highest BCUT2D eigenvalue weighted by Gasteiger charge is 2.05. The van der Waals surface area contributed by atoms with E-state index in [0.717, 1.165) is 31.2 Å². The molecule has 0 aliphatic rings. The van der Waals surface area contributed by atoms with Crippen molar-refractivity contribution in [1.29, 1.82) is 0 Å². The standard InChI is InChI=1S/C18H25N3O3S/c1-24-13-7-11-19-16(22)10-3-2-6-12-21-17(23)14-8-4-5-9-15(14)20-18(21)25/h4-5,8-9H,2-3,6-7,10-13H2,1H3,(H,19,22)(H,20,25). The maximum Gasteiger partial charge on any atom is 0.262 e. The number of rotatable bonds is 10. The highest BCUT2D eigenvalue weighted by Crippen LogP contribution is 2.07. The van der Waals surface area contributed by atoms with E-state index in [-0.39, 0.29) is 11.5 Å². The predicted molar refractivity (Wildman–Crippen MR) is 101 cm³/mol. The molecule has 0 bridgehead atoms. The molecule has 2 aromatic rings. The second-order valence-electron chi connectivity index (χ2n) is 5.94. The number of para-hydroxylation sites is 1. The first-order chi connectivity index (χ1) is 12.1. The van der Waals surface area contributed by atoms with Crippen LogP contribution in [0, 0.1) is 4.77 Å².